The molecule has 4 heteroatoms. The normalized spacial score (nSPS) is 32.4. The van der Waals surface area contributed by atoms with Crippen LogP contribution < -0.4 is 0 Å². The van der Waals surface area contributed by atoms with Gasteiger partial charge >= 0.3 is 7.12 Å². The minimum absolute atomic E-state index is 0.722. The molecule has 0 amide bonds. The van der Waals surface area contributed by atoms with Crippen LogP contribution in [-0.4, -0.2) is 60.8 Å². The average Bonchev–Trinajstić information content (AvgIpc) is 2.78. The summed E-state index contributed by atoms with van der Waals surface area (Å²) in [5.74, 6) is 0. The molecule has 0 N–H and O–H groups in total. The largest absolute Gasteiger partial charge is 0.403 e. The van der Waals surface area contributed by atoms with E-state index < -0.39 is 0 Å². The molecule has 10 heavy (non-hydrogen) atoms. The van der Waals surface area contributed by atoms with Gasteiger partial charge < -0.3 is 14.4 Å². The van der Waals surface area contributed by atoms with E-state index >= 15 is 0 Å². The van der Waals surface area contributed by atoms with E-state index in [-0.39, 0.29) is 0 Å². The third-order valence-electron chi connectivity index (χ3n) is 2.43. The van der Waals surface area contributed by atoms with E-state index in [1.54, 1.807) is 0 Å². The summed E-state index contributed by atoms with van der Waals surface area (Å²) < 4.78 is 0. The van der Waals surface area contributed by atoms with Gasteiger partial charge in [-0.1, -0.05) is 0 Å². The van der Waals surface area contributed by atoms with E-state index in [0.29, 0.717) is 0 Å². The predicted octanol–water partition coefficient (Wildman–Crippen LogP) is -1.08. The Morgan fingerprint density at radius 3 is 1.10 bits per heavy atom. The first kappa shape index (κ1) is 5.58. The smallest absolute Gasteiger partial charge is 0.311 e. The standard InChI is InChI=1S/C6H12BN3/c1-2-8(1)7(9-3-4-9)10-5-6-10/h1-6H2. The number of nitrogens with zero attached hydrogens (tertiary/aromatic N) is 3. The molecule has 0 atom stereocenters. The van der Waals surface area contributed by atoms with Crippen molar-refractivity contribution >= 4 is 7.12 Å². The van der Waals surface area contributed by atoms with Gasteiger partial charge in [0.25, 0.3) is 0 Å². The summed E-state index contributed by atoms with van der Waals surface area (Å²) in [5.41, 5.74) is 0. The van der Waals surface area contributed by atoms with Crippen molar-refractivity contribution in [3.05, 3.63) is 0 Å². The van der Waals surface area contributed by atoms with Crippen molar-refractivity contribution < 1.29 is 0 Å². The van der Waals surface area contributed by atoms with Crippen molar-refractivity contribution in [1.29, 1.82) is 0 Å². The Morgan fingerprint density at radius 1 is 0.600 bits per heavy atom. The van der Waals surface area contributed by atoms with Crippen molar-refractivity contribution in [2.75, 3.05) is 39.3 Å². The molecular formula is C6H12BN3. The highest BCUT2D eigenvalue weighted by atomic mass is 15.5. The molecule has 3 aliphatic heterocycles. The van der Waals surface area contributed by atoms with Crippen LogP contribution in [-0.2, 0) is 0 Å². The van der Waals surface area contributed by atoms with E-state index in [9.17, 15) is 0 Å². The van der Waals surface area contributed by atoms with Gasteiger partial charge in [-0.3, -0.25) is 0 Å². The van der Waals surface area contributed by atoms with Crippen LogP contribution in [0.1, 0.15) is 0 Å². The molecule has 0 spiro atoms. The molecule has 54 valence electrons. The van der Waals surface area contributed by atoms with Gasteiger partial charge in [0.2, 0.25) is 0 Å². The monoisotopic (exact) mass is 137 g/mol. The van der Waals surface area contributed by atoms with Crippen LogP contribution in [0.25, 0.3) is 0 Å². The van der Waals surface area contributed by atoms with Gasteiger partial charge in [0.05, 0.1) is 0 Å². The molecule has 0 radical (unpaired) electrons. The Bertz CT molecular complexity index is 123. The summed E-state index contributed by atoms with van der Waals surface area (Å²) in [6, 6.07) is 0. The summed E-state index contributed by atoms with van der Waals surface area (Å²) >= 11 is 0. The van der Waals surface area contributed by atoms with Gasteiger partial charge in [-0.05, 0) is 0 Å². The van der Waals surface area contributed by atoms with E-state index in [1.165, 1.54) is 39.3 Å². The lowest BCUT2D eigenvalue weighted by Gasteiger charge is -2.13. The topological polar surface area (TPSA) is 9.03 Å². The van der Waals surface area contributed by atoms with Gasteiger partial charge in [-0.2, -0.15) is 0 Å². The molecule has 0 aliphatic carbocycles. The SMILES string of the molecule is C1CN1B(N1CC1)N1CC1. The zero-order chi connectivity index (χ0) is 6.55. The Hall–Kier alpha value is -0.0551. The highest BCUT2D eigenvalue weighted by Gasteiger charge is 2.49. The number of hydrogen-bond donors (Lipinski definition) is 0. The lowest BCUT2D eigenvalue weighted by atomic mass is 9.94. The maximum absolute atomic E-state index is 2.54. The van der Waals surface area contributed by atoms with Crippen LogP contribution in [0.15, 0.2) is 0 Å². The maximum Gasteiger partial charge on any atom is 0.403 e. The summed E-state index contributed by atoms with van der Waals surface area (Å²) in [5, 5.41) is 0. The molecule has 0 aromatic heterocycles. The third-order valence-corrected chi connectivity index (χ3v) is 2.43. The molecule has 3 rings (SSSR count). The van der Waals surface area contributed by atoms with Crippen LogP contribution in [0.5, 0.6) is 0 Å². The second kappa shape index (κ2) is 1.75. The van der Waals surface area contributed by atoms with Crippen molar-refractivity contribution in [3.8, 4) is 0 Å². The van der Waals surface area contributed by atoms with Crippen LogP contribution in [0, 0.1) is 0 Å². The summed E-state index contributed by atoms with van der Waals surface area (Å²) in [4.78, 5) is 7.63. The van der Waals surface area contributed by atoms with Gasteiger partial charge in [0.15, 0.2) is 0 Å². The Kier molecular flexibility index (Phi) is 0.978. The zero-order valence-corrected chi connectivity index (χ0v) is 6.16. The lowest BCUT2D eigenvalue weighted by Crippen LogP contribution is -2.41. The van der Waals surface area contributed by atoms with Crippen LogP contribution in [0.2, 0.25) is 0 Å². The number of rotatable bonds is 3. The second-order valence-electron chi connectivity index (χ2n) is 3.45. The predicted molar refractivity (Wildman–Crippen MR) is 40.5 cm³/mol. The van der Waals surface area contributed by atoms with Gasteiger partial charge in [-0.15, -0.1) is 0 Å². The second-order valence-corrected chi connectivity index (χ2v) is 3.45. The van der Waals surface area contributed by atoms with Crippen molar-refractivity contribution in [2.45, 2.75) is 0 Å². The summed E-state index contributed by atoms with van der Waals surface area (Å²) in [6.45, 7) is 7.99. The minimum atomic E-state index is 0.722. The third kappa shape index (κ3) is 0.874. The summed E-state index contributed by atoms with van der Waals surface area (Å²) in [6.07, 6.45) is 0. The fourth-order valence-electron chi connectivity index (χ4n) is 1.56. The molecule has 0 aromatic rings. The molecule has 3 heterocycles. The van der Waals surface area contributed by atoms with Crippen LogP contribution in [0.4, 0.5) is 0 Å². The maximum atomic E-state index is 2.54. The molecule has 0 unspecified atom stereocenters. The molecule has 3 nitrogen and oxygen atoms in total. The Labute approximate surface area is 61.7 Å². The van der Waals surface area contributed by atoms with Crippen molar-refractivity contribution in [3.63, 3.8) is 0 Å². The zero-order valence-electron chi connectivity index (χ0n) is 6.16. The number of hydrogen-bond acceptors (Lipinski definition) is 3. The van der Waals surface area contributed by atoms with Gasteiger partial charge in [0.1, 0.15) is 0 Å². The quantitative estimate of drug-likeness (QED) is 0.361. The molecular weight excluding hydrogens is 125 g/mol. The Morgan fingerprint density at radius 2 is 0.900 bits per heavy atom. The van der Waals surface area contributed by atoms with Crippen molar-refractivity contribution in [1.82, 2.24) is 14.4 Å². The van der Waals surface area contributed by atoms with Crippen LogP contribution in [0.3, 0.4) is 0 Å². The van der Waals surface area contributed by atoms with E-state index in [1.807, 2.05) is 0 Å². The average molecular weight is 137 g/mol. The summed E-state index contributed by atoms with van der Waals surface area (Å²) in [7, 11) is 0.722. The molecule has 0 bridgehead atoms. The van der Waals surface area contributed by atoms with Gasteiger partial charge in [0, 0.05) is 39.3 Å². The molecule has 3 saturated heterocycles. The molecule has 3 fully saturated rings. The van der Waals surface area contributed by atoms with E-state index in [0.717, 1.165) is 7.12 Å². The fraction of sp³-hybridized carbons (Fsp3) is 1.00. The first-order valence-corrected chi connectivity index (χ1v) is 4.17. The lowest BCUT2D eigenvalue weighted by molar-refractivity contribution is 0.618. The Balaban J connectivity index is 1.69. The first-order chi connectivity index (χ1) is 4.95. The molecule has 0 aromatic carbocycles. The highest BCUT2D eigenvalue weighted by molar-refractivity contribution is 6.52. The molecule has 3 aliphatic rings. The van der Waals surface area contributed by atoms with Crippen LogP contribution >= 0.6 is 0 Å². The minimum Gasteiger partial charge on any atom is -0.311 e. The van der Waals surface area contributed by atoms with Gasteiger partial charge in [-0.25, -0.2) is 0 Å². The highest BCUT2D eigenvalue weighted by Crippen LogP contribution is 2.23. The molecule has 0 saturated carbocycles. The fourth-order valence-corrected chi connectivity index (χ4v) is 1.56. The first-order valence-electron chi connectivity index (χ1n) is 4.17. The van der Waals surface area contributed by atoms with E-state index in [4.69, 9.17) is 0 Å². The van der Waals surface area contributed by atoms with Crippen molar-refractivity contribution in [2.24, 2.45) is 0 Å². The van der Waals surface area contributed by atoms with E-state index in [2.05, 4.69) is 14.4 Å².